The van der Waals surface area contributed by atoms with Crippen molar-refractivity contribution >= 4 is 23.6 Å². The summed E-state index contributed by atoms with van der Waals surface area (Å²) in [5.41, 5.74) is -3.16. The number of benzene rings is 1. The van der Waals surface area contributed by atoms with Crippen LogP contribution in [0.4, 0.5) is 18.9 Å². The number of hydrogen-bond donors (Lipinski definition) is 1. The molecule has 1 N–H and O–H groups in total. The van der Waals surface area contributed by atoms with Crippen LogP contribution in [0.2, 0.25) is 5.02 Å². The molecule has 0 aliphatic heterocycles. The predicted molar refractivity (Wildman–Crippen MR) is 93.9 cm³/mol. The summed E-state index contributed by atoms with van der Waals surface area (Å²) in [6, 6.07) is 2.39. The minimum Gasteiger partial charge on any atom is -0.496 e. The molecule has 0 spiro atoms. The molecule has 8 heteroatoms. The molecular weight excluding hydrogens is 357 g/mol. The van der Waals surface area contributed by atoms with Crippen LogP contribution in [0, 0.1) is 0 Å². The third-order valence-corrected chi connectivity index (χ3v) is 4.27. The Morgan fingerprint density at radius 1 is 1.32 bits per heavy atom. The first-order valence-electron chi connectivity index (χ1n) is 8.02. The lowest BCUT2D eigenvalue weighted by molar-refractivity contribution is -0.270. The van der Waals surface area contributed by atoms with E-state index in [1.165, 1.54) is 19.5 Å². The molecular formula is C17H24ClF3N2O2. The smallest absolute Gasteiger partial charge is 0.421 e. The largest absolute Gasteiger partial charge is 0.496 e. The topological polar surface area (TPSA) is 45.1 Å². The molecule has 0 aromatic heterocycles. The number of methoxy groups -OCH3 is 1. The van der Waals surface area contributed by atoms with Gasteiger partial charge in [-0.05, 0) is 19.4 Å². The van der Waals surface area contributed by atoms with Crippen LogP contribution in [0.5, 0.6) is 5.75 Å². The number of alkyl halides is 3. The summed E-state index contributed by atoms with van der Waals surface area (Å²) in [5.74, 6) is -0.105. The summed E-state index contributed by atoms with van der Waals surface area (Å²) in [6.07, 6.45) is -3.08. The molecule has 0 aliphatic rings. The van der Waals surface area contributed by atoms with Gasteiger partial charge in [0, 0.05) is 25.2 Å². The third kappa shape index (κ3) is 5.01. The number of hydrogen-bond acceptors (Lipinski definition) is 3. The van der Waals surface area contributed by atoms with Crippen LogP contribution >= 0.6 is 11.6 Å². The quantitative estimate of drug-likeness (QED) is 0.515. The van der Waals surface area contributed by atoms with E-state index in [9.17, 15) is 18.3 Å². The number of nitrogens with zero attached hydrogens (tertiary/aromatic N) is 2. The molecule has 142 valence electrons. The van der Waals surface area contributed by atoms with E-state index >= 15 is 0 Å². The third-order valence-electron chi connectivity index (χ3n) is 3.97. The fourth-order valence-electron chi connectivity index (χ4n) is 2.24. The van der Waals surface area contributed by atoms with Gasteiger partial charge in [0.05, 0.1) is 24.2 Å². The first-order chi connectivity index (χ1) is 11.6. The fraction of sp³-hybridized carbons (Fsp3) is 0.588. The van der Waals surface area contributed by atoms with Crippen molar-refractivity contribution < 1.29 is 23.0 Å². The second-order valence-electron chi connectivity index (χ2n) is 5.78. The molecule has 1 rings (SSSR count). The van der Waals surface area contributed by atoms with Gasteiger partial charge >= 0.3 is 6.18 Å². The van der Waals surface area contributed by atoms with Gasteiger partial charge in [-0.25, -0.2) is 4.99 Å². The summed E-state index contributed by atoms with van der Waals surface area (Å²) in [6.45, 7) is 4.39. The molecule has 25 heavy (non-hydrogen) atoms. The number of rotatable bonds is 8. The lowest BCUT2D eigenvalue weighted by atomic mass is 9.87. The molecule has 0 saturated heterocycles. The number of unbranched alkanes of at least 4 members (excludes halogenated alkanes) is 1. The number of aliphatic imine (C=N–C) groups is 1. The number of ether oxygens (including phenoxy) is 1. The molecule has 0 fully saturated rings. The molecule has 0 saturated carbocycles. The highest BCUT2D eigenvalue weighted by atomic mass is 35.5. The summed E-state index contributed by atoms with van der Waals surface area (Å²) in [4.78, 5) is 5.94. The van der Waals surface area contributed by atoms with Crippen molar-refractivity contribution in [2.45, 2.75) is 44.9 Å². The highest BCUT2D eigenvalue weighted by molar-refractivity contribution is 6.33. The van der Waals surface area contributed by atoms with E-state index in [4.69, 9.17) is 16.3 Å². The molecule has 1 aromatic rings. The van der Waals surface area contributed by atoms with Crippen LogP contribution in [0.1, 0.15) is 38.7 Å². The van der Waals surface area contributed by atoms with E-state index in [0.29, 0.717) is 13.0 Å². The summed E-state index contributed by atoms with van der Waals surface area (Å²) in [5, 5.41) is 10.4. The lowest BCUT2D eigenvalue weighted by Crippen LogP contribution is -2.42. The van der Waals surface area contributed by atoms with Crippen molar-refractivity contribution in [2.24, 2.45) is 4.99 Å². The van der Waals surface area contributed by atoms with Gasteiger partial charge in [-0.2, -0.15) is 13.2 Å². The Bertz CT molecular complexity index is 608. The maximum atomic E-state index is 13.6. The highest BCUT2D eigenvalue weighted by Gasteiger charge is 2.55. The Morgan fingerprint density at radius 2 is 1.96 bits per heavy atom. The zero-order valence-corrected chi connectivity index (χ0v) is 15.6. The van der Waals surface area contributed by atoms with Crippen molar-refractivity contribution in [3.05, 3.63) is 22.7 Å². The van der Waals surface area contributed by atoms with Gasteiger partial charge in [0.25, 0.3) is 0 Å². The second-order valence-corrected chi connectivity index (χ2v) is 6.19. The molecule has 0 amide bonds. The molecule has 0 radical (unpaired) electrons. The van der Waals surface area contributed by atoms with Crippen LogP contribution < -0.4 is 4.74 Å². The van der Waals surface area contributed by atoms with E-state index in [0.717, 1.165) is 6.07 Å². The maximum absolute atomic E-state index is 13.6. The molecule has 4 nitrogen and oxygen atoms in total. The van der Waals surface area contributed by atoms with Crippen molar-refractivity contribution in [3.8, 4) is 5.75 Å². The fourth-order valence-corrected chi connectivity index (χ4v) is 2.45. The molecule has 1 atom stereocenters. The zero-order valence-electron chi connectivity index (χ0n) is 14.8. The molecule has 1 aromatic carbocycles. The van der Waals surface area contributed by atoms with Crippen LogP contribution in [-0.2, 0) is 5.60 Å². The maximum Gasteiger partial charge on any atom is 0.421 e. The van der Waals surface area contributed by atoms with Gasteiger partial charge in [0.1, 0.15) is 5.75 Å². The normalized spacial score (nSPS) is 14.6. The van der Waals surface area contributed by atoms with Gasteiger partial charge in [-0.15, -0.1) is 0 Å². The van der Waals surface area contributed by atoms with Gasteiger partial charge in [-0.3, -0.25) is 0 Å². The summed E-state index contributed by atoms with van der Waals surface area (Å²) in [7, 11) is 3.05. The van der Waals surface area contributed by atoms with E-state index in [-0.39, 0.29) is 22.9 Å². The summed E-state index contributed by atoms with van der Waals surface area (Å²) < 4.78 is 45.8. The Balaban J connectivity index is 3.43. The number of halogens is 4. The van der Waals surface area contributed by atoms with E-state index in [1.807, 2.05) is 6.92 Å². The first kappa shape index (κ1) is 21.6. The van der Waals surface area contributed by atoms with Gasteiger partial charge < -0.3 is 14.7 Å². The standard InChI is InChI=1S/C17H24ClF3N2O2/c1-5-7-8-16(24,17(19,20)21)12-9-13(18)14(10-15(12)25-4)22-11-23(3)6-2/h9-11,24H,5-8H2,1-4H3/b22-11+. The van der Waals surface area contributed by atoms with E-state index in [2.05, 4.69) is 4.99 Å². The van der Waals surface area contributed by atoms with Crippen LogP contribution in [0.3, 0.4) is 0 Å². The minimum absolute atomic E-state index is 0.00993. The van der Waals surface area contributed by atoms with Crippen molar-refractivity contribution in [3.63, 3.8) is 0 Å². The minimum atomic E-state index is -4.86. The SMILES string of the molecule is CCCCC(O)(c1cc(Cl)c(/N=C/N(C)CC)cc1OC)C(F)(F)F. The Kier molecular flexibility index (Phi) is 7.56. The van der Waals surface area contributed by atoms with Gasteiger partial charge in [0.15, 0.2) is 5.60 Å². The monoisotopic (exact) mass is 380 g/mol. The molecule has 1 unspecified atom stereocenters. The van der Waals surface area contributed by atoms with Crippen molar-refractivity contribution in [1.29, 1.82) is 0 Å². The van der Waals surface area contributed by atoms with Crippen LogP contribution in [-0.4, -0.2) is 43.2 Å². The average Bonchev–Trinajstić information content (AvgIpc) is 2.56. The average molecular weight is 381 g/mol. The first-order valence-corrected chi connectivity index (χ1v) is 8.40. The Hall–Kier alpha value is -1.47. The van der Waals surface area contributed by atoms with Crippen LogP contribution in [0.15, 0.2) is 17.1 Å². The van der Waals surface area contributed by atoms with E-state index in [1.54, 1.807) is 18.9 Å². The van der Waals surface area contributed by atoms with Crippen molar-refractivity contribution in [2.75, 3.05) is 20.7 Å². The number of aliphatic hydroxyl groups is 1. The Labute approximate surface area is 151 Å². The Morgan fingerprint density at radius 3 is 2.44 bits per heavy atom. The van der Waals surface area contributed by atoms with Gasteiger partial charge in [-0.1, -0.05) is 31.4 Å². The predicted octanol–water partition coefficient (Wildman–Crippen LogP) is 4.90. The van der Waals surface area contributed by atoms with E-state index < -0.39 is 23.8 Å². The molecule has 0 bridgehead atoms. The van der Waals surface area contributed by atoms with Gasteiger partial charge in [0.2, 0.25) is 0 Å². The van der Waals surface area contributed by atoms with Crippen LogP contribution in [0.25, 0.3) is 0 Å². The summed E-state index contributed by atoms with van der Waals surface area (Å²) >= 11 is 6.11. The highest BCUT2D eigenvalue weighted by Crippen LogP contribution is 2.48. The zero-order chi connectivity index (χ0) is 19.3. The molecule has 0 heterocycles. The van der Waals surface area contributed by atoms with Crippen molar-refractivity contribution in [1.82, 2.24) is 4.90 Å². The lowest BCUT2D eigenvalue weighted by Gasteiger charge is -2.32. The second kappa shape index (κ2) is 8.76. The molecule has 0 aliphatic carbocycles.